The Morgan fingerprint density at radius 1 is 1.23 bits per heavy atom. The Hall–Kier alpha value is -3.15. The molecule has 0 bridgehead atoms. The molecule has 0 saturated heterocycles. The first-order chi connectivity index (χ1) is 12.5. The zero-order valence-corrected chi connectivity index (χ0v) is 14.5. The summed E-state index contributed by atoms with van der Waals surface area (Å²) in [7, 11) is 0. The van der Waals surface area contributed by atoms with Crippen LogP contribution in [0.15, 0.2) is 53.5 Å². The number of nitrogens with zero attached hydrogens (tertiary/aromatic N) is 2. The predicted molar refractivity (Wildman–Crippen MR) is 95.5 cm³/mol. The van der Waals surface area contributed by atoms with Crippen LogP contribution in [0.4, 0.5) is 0 Å². The van der Waals surface area contributed by atoms with Gasteiger partial charge in [-0.3, -0.25) is 9.20 Å². The molecule has 0 aliphatic carbocycles. The van der Waals surface area contributed by atoms with Crippen LogP contribution in [-0.4, -0.2) is 21.5 Å². The highest BCUT2D eigenvalue weighted by Crippen LogP contribution is 2.40. The van der Waals surface area contributed by atoms with Crippen molar-refractivity contribution in [3.05, 3.63) is 75.8 Å². The van der Waals surface area contributed by atoms with Crippen LogP contribution in [0.5, 0.6) is 5.75 Å². The summed E-state index contributed by atoms with van der Waals surface area (Å²) in [6.07, 6.45) is 1.66. The minimum Gasteiger partial charge on any atom is -0.489 e. The van der Waals surface area contributed by atoms with Crippen LogP contribution < -0.4 is 10.3 Å². The lowest BCUT2D eigenvalue weighted by Crippen LogP contribution is -2.16. The van der Waals surface area contributed by atoms with E-state index in [1.807, 2.05) is 19.1 Å². The Balaban J connectivity index is 1.57. The average molecular weight is 350 g/mol. The molecule has 1 aliphatic rings. The molecule has 3 aromatic rings. The normalized spacial score (nSPS) is 18.4. The maximum Gasteiger partial charge on any atom is 0.342 e. The maximum atomic E-state index is 12.5. The van der Waals surface area contributed by atoms with Crippen molar-refractivity contribution in [1.29, 1.82) is 0 Å². The molecule has 4 rings (SSSR count). The number of aromatic nitrogens is 2. The number of pyridine rings is 1. The second-order valence-electron chi connectivity index (χ2n) is 6.43. The Labute approximate surface area is 150 Å². The van der Waals surface area contributed by atoms with Crippen LogP contribution in [0.2, 0.25) is 0 Å². The van der Waals surface area contributed by atoms with Gasteiger partial charge in [0.25, 0.3) is 5.56 Å². The van der Waals surface area contributed by atoms with E-state index in [4.69, 9.17) is 9.47 Å². The van der Waals surface area contributed by atoms with Crippen molar-refractivity contribution < 1.29 is 14.3 Å². The fourth-order valence-corrected chi connectivity index (χ4v) is 3.14. The van der Waals surface area contributed by atoms with Gasteiger partial charge in [-0.25, -0.2) is 9.78 Å². The van der Waals surface area contributed by atoms with Crippen molar-refractivity contribution in [2.75, 3.05) is 0 Å². The third kappa shape index (κ3) is 2.73. The van der Waals surface area contributed by atoms with Gasteiger partial charge < -0.3 is 9.47 Å². The molecule has 3 heterocycles. The highest BCUT2D eigenvalue weighted by molar-refractivity contribution is 5.93. The molecule has 0 amide bonds. The lowest BCUT2D eigenvalue weighted by molar-refractivity contribution is 0.0462. The van der Waals surface area contributed by atoms with Crippen LogP contribution in [0.3, 0.4) is 0 Å². The van der Waals surface area contributed by atoms with E-state index in [1.54, 1.807) is 30.5 Å². The number of hydrogen-bond acceptors (Lipinski definition) is 5. The summed E-state index contributed by atoms with van der Waals surface area (Å²) < 4.78 is 12.7. The number of carbonyl (C=O) groups is 1. The van der Waals surface area contributed by atoms with Crippen molar-refractivity contribution in [3.8, 4) is 5.75 Å². The Bertz CT molecular complexity index is 1060. The van der Waals surface area contributed by atoms with Gasteiger partial charge in [-0.2, -0.15) is 0 Å². The number of benzene rings is 1. The molecule has 2 aromatic heterocycles. The number of carbonyl (C=O) groups excluding carboxylic acids is 1. The molecule has 0 unspecified atom stereocenters. The Morgan fingerprint density at radius 2 is 2.08 bits per heavy atom. The van der Waals surface area contributed by atoms with Gasteiger partial charge in [-0.15, -0.1) is 0 Å². The number of fused-ring (bicyclic) bond motifs is 2. The van der Waals surface area contributed by atoms with Crippen LogP contribution in [-0.2, 0) is 11.3 Å². The van der Waals surface area contributed by atoms with Gasteiger partial charge >= 0.3 is 5.97 Å². The van der Waals surface area contributed by atoms with Gasteiger partial charge in [-0.05, 0) is 25.1 Å². The van der Waals surface area contributed by atoms with Crippen molar-refractivity contribution >= 4 is 11.6 Å². The number of esters is 1. The molecule has 1 aromatic carbocycles. The molecule has 0 saturated carbocycles. The van der Waals surface area contributed by atoms with Gasteiger partial charge in [0.05, 0.1) is 5.69 Å². The summed E-state index contributed by atoms with van der Waals surface area (Å²) in [5, 5.41) is 0. The average Bonchev–Trinajstić information content (AvgIpc) is 2.94. The van der Waals surface area contributed by atoms with E-state index < -0.39 is 5.97 Å². The van der Waals surface area contributed by atoms with E-state index in [1.165, 1.54) is 10.5 Å². The van der Waals surface area contributed by atoms with Gasteiger partial charge in [0, 0.05) is 23.7 Å². The first kappa shape index (κ1) is 16.3. The standard InChI is InChI=1S/C20H18N2O4/c1-12-13(2)26-19-15(12)6-5-7-16(19)20(24)25-11-14-10-18(23)22-9-4-3-8-17(22)21-14/h3-10,12-13H,11H2,1-2H3/t12-,13+/m0/s1. The van der Waals surface area contributed by atoms with E-state index in [0.29, 0.717) is 22.7 Å². The zero-order valence-electron chi connectivity index (χ0n) is 14.5. The fourth-order valence-electron chi connectivity index (χ4n) is 3.14. The van der Waals surface area contributed by atoms with E-state index in [9.17, 15) is 9.59 Å². The Kier molecular flexibility index (Phi) is 3.95. The van der Waals surface area contributed by atoms with E-state index in [0.717, 1.165) is 5.56 Å². The zero-order chi connectivity index (χ0) is 18.3. The monoisotopic (exact) mass is 350 g/mol. The van der Waals surface area contributed by atoms with Crippen LogP contribution in [0, 0.1) is 0 Å². The third-order valence-electron chi connectivity index (χ3n) is 4.74. The second-order valence-corrected chi connectivity index (χ2v) is 6.43. The van der Waals surface area contributed by atoms with Crippen LogP contribution >= 0.6 is 0 Å². The van der Waals surface area contributed by atoms with Gasteiger partial charge in [0.2, 0.25) is 0 Å². The van der Waals surface area contributed by atoms with Gasteiger partial charge in [0.1, 0.15) is 29.7 Å². The molecule has 26 heavy (non-hydrogen) atoms. The molecular formula is C20H18N2O4. The lowest BCUT2D eigenvalue weighted by Gasteiger charge is -2.10. The summed E-state index contributed by atoms with van der Waals surface area (Å²) in [5.41, 5.74) is 2.11. The van der Waals surface area contributed by atoms with E-state index in [2.05, 4.69) is 11.9 Å². The van der Waals surface area contributed by atoms with Crippen molar-refractivity contribution in [3.63, 3.8) is 0 Å². The summed E-state index contributed by atoms with van der Waals surface area (Å²) in [4.78, 5) is 29.0. The SMILES string of the molecule is C[C@@H]1c2cccc(C(=O)OCc3cc(=O)n4ccccc4n3)c2O[C@@H]1C. The Morgan fingerprint density at radius 3 is 2.92 bits per heavy atom. The highest BCUT2D eigenvalue weighted by Gasteiger charge is 2.31. The summed E-state index contributed by atoms with van der Waals surface area (Å²) in [5.74, 6) is 0.321. The second kappa shape index (κ2) is 6.29. The molecule has 0 N–H and O–H groups in total. The fraction of sp³-hybridized carbons (Fsp3) is 0.250. The van der Waals surface area contributed by atoms with Crippen molar-refractivity contribution in [2.45, 2.75) is 32.5 Å². The number of ether oxygens (including phenoxy) is 2. The van der Waals surface area contributed by atoms with Crippen molar-refractivity contribution in [1.82, 2.24) is 9.38 Å². The molecular weight excluding hydrogens is 332 g/mol. The molecule has 0 fully saturated rings. The third-order valence-corrected chi connectivity index (χ3v) is 4.74. The molecule has 1 aliphatic heterocycles. The molecule has 6 heteroatoms. The summed E-state index contributed by atoms with van der Waals surface area (Å²) >= 11 is 0. The van der Waals surface area contributed by atoms with E-state index in [-0.39, 0.29) is 24.2 Å². The topological polar surface area (TPSA) is 69.9 Å². The molecule has 6 nitrogen and oxygen atoms in total. The first-order valence-corrected chi connectivity index (χ1v) is 8.48. The highest BCUT2D eigenvalue weighted by atomic mass is 16.5. The predicted octanol–water partition coefficient (Wildman–Crippen LogP) is 2.94. The number of hydrogen-bond donors (Lipinski definition) is 0. The number of rotatable bonds is 3. The van der Waals surface area contributed by atoms with E-state index >= 15 is 0 Å². The molecule has 132 valence electrons. The minimum absolute atomic E-state index is 0.0150. The number of para-hydroxylation sites is 1. The smallest absolute Gasteiger partial charge is 0.342 e. The van der Waals surface area contributed by atoms with Crippen molar-refractivity contribution in [2.24, 2.45) is 0 Å². The lowest BCUT2D eigenvalue weighted by atomic mass is 9.97. The first-order valence-electron chi connectivity index (χ1n) is 8.48. The van der Waals surface area contributed by atoms with Gasteiger partial charge in [0.15, 0.2) is 0 Å². The maximum absolute atomic E-state index is 12.5. The largest absolute Gasteiger partial charge is 0.489 e. The minimum atomic E-state index is -0.488. The molecule has 0 radical (unpaired) electrons. The van der Waals surface area contributed by atoms with Crippen LogP contribution in [0.1, 0.15) is 41.4 Å². The summed E-state index contributed by atoms with van der Waals surface area (Å²) in [6, 6.07) is 12.1. The molecule has 2 atom stereocenters. The van der Waals surface area contributed by atoms with Crippen LogP contribution in [0.25, 0.3) is 5.65 Å². The molecule has 0 spiro atoms. The van der Waals surface area contributed by atoms with Gasteiger partial charge in [-0.1, -0.05) is 25.1 Å². The quantitative estimate of drug-likeness (QED) is 0.679. The summed E-state index contributed by atoms with van der Waals surface area (Å²) in [6.45, 7) is 3.97.